The number of hydrogen-bond donors (Lipinski definition) is 0. The maximum atomic E-state index is 4.86. The second-order valence-corrected chi connectivity index (χ2v) is 9.35. The van der Waals surface area contributed by atoms with Crippen LogP contribution < -0.4 is 0 Å². The van der Waals surface area contributed by atoms with Gasteiger partial charge in [0.25, 0.3) is 0 Å². The Bertz CT molecular complexity index is 1550. The van der Waals surface area contributed by atoms with Crippen LogP contribution in [0.5, 0.6) is 0 Å². The lowest BCUT2D eigenvalue weighted by Gasteiger charge is -2.09. The van der Waals surface area contributed by atoms with E-state index in [0.717, 1.165) is 26.9 Å². The molecule has 0 aliphatic carbocycles. The molecule has 0 amide bonds. The first-order chi connectivity index (χ1) is 18.2. The molecular weight excluding hydrogens is 520 g/mol. The van der Waals surface area contributed by atoms with Crippen LogP contribution >= 0.6 is 15.9 Å². The summed E-state index contributed by atoms with van der Waals surface area (Å²) in [5.74, 6) is 1.74. The van der Waals surface area contributed by atoms with Gasteiger partial charge in [-0.1, -0.05) is 115 Å². The van der Waals surface area contributed by atoms with Gasteiger partial charge in [0.05, 0.1) is 0 Å². The Morgan fingerprint density at radius 3 is 1.19 bits per heavy atom. The van der Waals surface area contributed by atoms with Gasteiger partial charge in [-0.2, -0.15) is 0 Å². The predicted octanol–water partition coefficient (Wildman–Crippen LogP) is 8.36. The lowest BCUT2D eigenvalue weighted by atomic mass is 10.0. The highest BCUT2D eigenvalue weighted by Gasteiger charge is 2.14. The minimum atomic E-state index is 0.528. The Kier molecular flexibility index (Phi) is 6.36. The van der Waals surface area contributed by atoms with E-state index in [4.69, 9.17) is 15.0 Å². The zero-order valence-corrected chi connectivity index (χ0v) is 21.4. The molecule has 0 radical (unpaired) electrons. The molecule has 2 aromatic heterocycles. The molecule has 4 nitrogen and oxygen atoms in total. The Hall–Kier alpha value is -4.48. The fourth-order valence-corrected chi connectivity index (χ4v) is 4.51. The molecule has 0 aliphatic heterocycles. The highest BCUT2D eigenvalue weighted by Crippen LogP contribution is 2.28. The van der Waals surface area contributed by atoms with E-state index in [1.807, 2.05) is 54.6 Å². The van der Waals surface area contributed by atoms with E-state index in [1.54, 1.807) is 0 Å². The number of benzene rings is 4. The van der Waals surface area contributed by atoms with Gasteiger partial charge < -0.3 is 0 Å². The third-order valence-corrected chi connectivity index (χ3v) is 6.52. The fourth-order valence-electron chi connectivity index (χ4n) is 4.17. The van der Waals surface area contributed by atoms with Gasteiger partial charge in [0, 0.05) is 11.1 Å². The van der Waals surface area contributed by atoms with Crippen molar-refractivity contribution in [3.05, 3.63) is 132 Å². The maximum Gasteiger partial charge on any atom is 0.182 e. The largest absolute Gasteiger partial charge is 0.238 e. The summed E-state index contributed by atoms with van der Waals surface area (Å²) in [6, 6.07) is 43.0. The lowest BCUT2D eigenvalue weighted by Crippen LogP contribution is -2.01. The number of rotatable bonds is 5. The SMILES string of the molecule is Brc1cccc(-c2nc(-c3ccc(-c4ccccc4)cc3)nc(-c3ccc(-c4ccccc4)cc3)n2)n1. The monoisotopic (exact) mass is 540 g/mol. The molecular formula is C32H21BrN4. The molecule has 37 heavy (non-hydrogen) atoms. The van der Waals surface area contributed by atoms with E-state index >= 15 is 0 Å². The molecule has 4 aromatic carbocycles. The van der Waals surface area contributed by atoms with E-state index in [0.29, 0.717) is 23.2 Å². The molecule has 0 atom stereocenters. The average Bonchev–Trinajstić information content (AvgIpc) is 2.98. The molecule has 6 aromatic rings. The van der Waals surface area contributed by atoms with Crippen molar-refractivity contribution < 1.29 is 0 Å². The molecule has 0 saturated carbocycles. The maximum absolute atomic E-state index is 4.86. The van der Waals surface area contributed by atoms with Crippen molar-refractivity contribution in [3.8, 4) is 56.5 Å². The van der Waals surface area contributed by atoms with Crippen LogP contribution in [0, 0.1) is 0 Å². The molecule has 176 valence electrons. The van der Waals surface area contributed by atoms with E-state index in [9.17, 15) is 0 Å². The van der Waals surface area contributed by atoms with Crippen LogP contribution in [0.2, 0.25) is 0 Å². The zero-order valence-electron chi connectivity index (χ0n) is 19.8. The van der Waals surface area contributed by atoms with E-state index < -0.39 is 0 Å². The summed E-state index contributed by atoms with van der Waals surface area (Å²) in [5, 5.41) is 0. The minimum Gasteiger partial charge on any atom is -0.238 e. The van der Waals surface area contributed by atoms with Gasteiger partial charge in [-0.3, -0.25) is 0 Å². The number of halogens is 1. The van der Waals surface area contributed by atoms with Gasteiger partial charge in [-0.15, -0.1) is 0 Å². The molecule has 0 N–H and O–H groups in total. The van der Waals surface area contributed by atoms with Gasteiger partial charge in [-0.25, -0.2) is 19.9 Å². The smallest absolute Gasteiger partial charge is 0.182 e. The molecule has 0 unspecified atom stereocenters. The van der Waals surface area contributed by atoms with Crippen LogP contribution in [-0.4, -0.2) is 19.9 Å². The summed E-state index contributed by atoms with van der Waals surface area (Å²) in [4.78, 5) is 19.1. The van der Waals surface area contributed by atoms with Crippen molar-refractivity contribution >= 4 is 15.9 Å². The molecule has 5 heteroatoms. The van der Waals surface area contributed by atoms with E-state index in [1.165, 1.54) is 11.1 Å². The minimum absolute atomic E-state index is 0.528. The number of pyridine rings is 1. The van der Waals surface area contributed by atoms with Crippen LogP contribution in [0.4, 0.5) is 0 Å². The van der Waals surface area contributed by atoms with Crippen molar-refractivity contribution in [2.24, 2.45) is 0 Å². The second kappa shape index (κ2) is 10.2. The Morgan fingerprint density at radius 1 is 0.324 bits per heavy atom. The van der Waals surface area contributed by atoms with Crippen molar-refractivity contribution in [2.75, 3.05) is 0 Å². The van der Waals surface area contributed by atoms with Crippen molar-refractivity contribution in [1.29, 1.82) is 0 Å². The zero-order chi connectivity index (χ0) is 25.0. The number of nitrogens with zero attached hydrogens (tertiary/aromatic N) is 4. The quantitative estimate of drug-likeness (QED) is 0.206. The first-order valence-electron chi connectivity index (χ1n) is 11.9. The topological polar surface area (TPSA) is 51.6 Å². The third-order valence-electron chi connectivity index (χ3n) is 6.08. The molecule has 2 heterocycles. The fraction of sp³-hybridized carbons (Fsp3) is 0. The first-order valence-corrected chi connectivity index (χ1v) is 12.7. The normalized spacial score (nSPS) is 10.8. The van der Waals surface area contributed by atoms with Crippen LogP contribution in [0.3, 0.4) is 0 Å². The highest BCUT2D eigenvalue weighted by molar-refractivity contribution is 9.10. The van der Waals surface area contributed by atoms with Crippen LogP contribution in [0.15, 0.2) is 132 Å². The summed E-state index contributed by atoms with van der Waals surface area (Å²) in [5.41, 5.74) is 7.14. The summed E-state index contributed by atoms with van der Waals surface area (Å²) < 4.78 is 0.730. The van der Waals surface area contributed by atoms with Crippen LogP contribution in [0.25, 0.3) is 56.5 Å². The predicted molar refractivity (Wildman–Crippen MR) is 153 cm³/mol. The molecule has 0 saturated heterocycles. The molecule has 0 aliphatic rings. The van der Waals surface area contributed by atoms with E-state index in [2.05, 4.69) is 93.7 Å². The van der Waals surface area contributed by atoms with Crippen LogP contribution in [-0.2, 0) is 0 Å². The van der Waals surface area contributed by atoms with E-state index in [-0.39, 0.29) is 0 Å². The molecule has 6 rings (SSSR count). The standard InChI is InChI=1S/C32H21BrN4/c33-29-13-7-12-28(34-29)32-36-30(26-18-14-24(15-19-26)22-8-3-1-4-9-22)35-31(37-32)27-20-16-25(17-21-27)23-10-5-2-6-11-23/h1-21H. The van der Waals surface area contributed by atoms with Gasteiger partial charge >= 0.3 is 0 Å². The lowest BCUT2D eigenvalue weighted by molar-refractivity contribution is 1.06. The van der Waals surface area contributed by atoms with Crippen molar-refractivity contribution in [1.82, 2.24) is 19.9 Å². The molecule has 0 spiro atoms. The first kappa shape index (κ1) is 23.0. The number of hydrogen-bond acceptors (Lipinski definition) is 4. The van der Waals surface area contributed by atoms with Gasteiger partial charge in [0.15, 0.2) is 17.5 Å². The molecule has 0 bridgehead atoms. The van der Waals surface area contributed by atoms with Crippen molar-refractivity contribution in [2.45, 2.75) is 0 Å². The summed E-state index contributed by atoms with van der Waals surface area (Å²) in [6.07, 6.45) is 0. The van der Waals surface area contributed by atoms with Gasteiger partial charge in [-0.05, 0) is 50.3 Å². The summed E-state index contributed by atoms with van der Waals surface area (Å²) >= 11 is 3.46. The van der Waals surface area contributed by atoms with Crippen molar-refractivity contribution in [3.63, 3.8) is 0 Å². The number of aromatic nitrogens is 4. The van der Waals surface area contributed by atoms with Crippen LogP contribution in [0.1, 0.15) is 0 Å². The second-order valence-electron chi connectivity index (χ2n) is 8.54. The molecule has 0 fully saturated rings. The Labute approximate surface area is 223 Å². The Balaban J connectivity index is 1.42. The summed E-state index contributed by atoms with van der Waals surface area (Å²) in [7, 11) is 0. The van der Waals surface area contributed by atoms with Gasteiger partial charge in [0.1, 0.15) is 10.3 Å². The average molecular weight is 541 g/mol. The third kappa shape index (κ3) is 5.08. The summed E-state index contributed by atoms with van der Waals surface area (Å²) in [6.45, 7) is 0. The Morgan fingerprint density at radius 2 is 0.730 bits per heavy atom. The van der Waals surface area contributed by atoms with Gasteiger partial charge in [0.2, 0.25) is 0 Å². The highest BCUT2D eigenvalue weighted by atomic mass is 79.9.